The van der Waals surface area contributed by atoms with Crippen molar-refractivity contribution in [2.24, 2.45) is 0 Å². The Kier molecular flexibility index (Phi) is 9.51. The van der Waals surface area contributed by atoms with Crippen molar-refractivity contribution in [1.82, 2.24) is 10.2 Å². The number of para-hydroxylation sites is 1. The third-order valence-corrected chi connectivity index (χ3v) is 5.72. The molecule has 6 heteroatoms. The number of nitrogens with zero attached hydrogens (tertiary/aromatic N) is 1. The quantitative estimate of drug-likeness (QED) is 0.396. The van der Waals surface area contributed by atoms with Gasteiger partial charge in [-0.15, -0.1) is 0 Å². The van der Waals surface area contributed by atoms with E-state index in [0.29, 0.717) is 25.3 Å². The second-order valence-electron chi connectivity index (χ2n) is 7.75. The maximum atomic E-state index is 13.4. The first kappa shape index (κ1) is 24.5. The smallest absolute Gasteiger partial charge is 0.261 e. The van der Waals surface area contributed by atoms with Crippen molar-refractivity contribution in [1.29, 1.82) is 0 Å². The zero-order valence-corrected chi connectivity index (χ0v) is 20.3. The van der Waals surface area contributed by atoms with Crippen LogP contribution in [0.15, 0.2) is 89.4 Å². The van der Waals surface area contributed by atoms with Crippen LogP contribution < -0.4 is 10.1 Å². The van der Waals surface area contributed by atoms with Crippen LogP contribution in [0.25, 0.3) is 0 Å². The van der Waals surface area contributed by atoms with Gasteiger partial charge in [-0.1, -0.05) is 83.5 Å². The number of halogens is 1. The van der Waals surface area contributed by atoms with E-state index < -0.39 is 6.04 Å². The molecule has 0 saturated heterocycles. The lowest BCUT2D eigenvalue weighted by molar-refractivity contribution is -0.142. The Hall–Kier alpha value is -3.12. The summed E-state index contributed by atoms with van der Waals surface area (Å²) >= 11 is 3.45. The Bertz CT molecular complexity index is 1010. The molecule has 5 nitrogen and oxygen atoms in total. The van der Waals surface area contributed by atoms with Crippen molar-refractivity contribution in [2.75, 3.05) is 13.2 Å². The molecular weight excluding hydrogens is 480 g/mol. The minimum absolute atomic E-state index is 0.146. The van der Waals surface area contributed by atoms with Crippen LogP contribution in [0, 0.1) is 0 Å². The van der Waals surface area contributed by atoms with Gasteiger partial charge in [-0.05, 0) is 41.8 Å². The van der Waals surface area contributed by atoms with Crippen molar-refractivity contribution < 1.29 is 14.3 Å². The Morgan fingerprint density at radius 2 is 1.55 bits per heavy atom. The zero-order chi connectivity index (χ0) is 23.5. The van der Waals surface area contributed by atoms with Gasteiger partial charge < -0.3 is 15.0 Å². The fourth-order valence-electron chi connectivity index (χ4n) is 3.45. The lowest BCUT2D eigenvalue weighted by Crippen LogP contribution is -2.51. The standard InChI is InChI=1S/C27H29BrN2O3/c1-2-17-29-27(32)25(18-21-9-5-3-6-10-21)30(19-22-13-15-23(28)16-14-22)26(31)20-33-24-11-7-4-8-12-24/h3-16,25H,2,17-20H2,1H3,(H,29,32)/t25-/m1/s1. The second-order valence-corrected chi connectivity index (χ2v) is 8.66. The summed E-state index contributed by atoms with van der Waals surface area (Å²) in [6.45, 7) is 2.73. The fourth-order valence-corrected chi connectivity index (χ4v) is 3.72. The van der Waals surface area contributed by atoms with E-state index in [1.807, 2.05) is 91.9 Å². The molecule has 0 aromatic heterocycles. The van der Waals surface area contributed by atoms with Gasteiger partial charge in [0.15, 0.2) is 6.61 Å². The number of amides is 2. The summed E-state index contributed by atoms with van der Waals surface area (Å²) in [5, 5.41) is 2.98. The number of carbonyl (C=O) groups is 2. The number of hydrogen-bond acceptors (Lipinski definition) is 3. The molecule has 3 rings (SSSR count). The molecule has 172 valence electrons. The van der Waals surface area contributed by atoms with Crippen LogP contribution in [-0.4, -0.2) is 35.9 Å². The van der Waals surface area contributed by atoms with E-state index in [4.69, 9.17) is 4.74 Å². The maximum absolute atomic E-state index is 13.4. The van der Waals surface area contributed by atoms with Crippen LogP contribution >= 0.6 is 15.9 Å². The number of ether oxygens (including phenoxy) is 1. The number of nitrogens with one attached hydrogen (secondary N) is 1. The molecule has 33 heavy (non-hydrogen) atoms. The van der Waals surface area contributed by atoms with E-state index in [1.165, 1.54) is 0 Å². The van der Waals surface area contributed by atoms with Gasteiger partial charge in [-0.2, -0.15) is 0 Å². The van der Waals surface area contributed by atoms with Crippen molar-refractivity contribution in [2.45, 2.75) is 32.4 Å². The molecule has 0 aliphatic carbocycles. The van der Waals surface area contributed by atoms with Gasteiger partial charge in [0, 0.05) is 24.0 Å². The maximum Gasteiger partial charge on any atom is 0.261 e. The molecule has 3 aromatic carbocycles. The van der Waals surface area contributed by atoms with E-state index >= 15 is 0 Å². The van der Waals surface area contributed by atoms with Crippen LogP contribution in [0.4, 0.5) is 0 Å². The normalized spacial score (nSPS) is 11.5. The summed E-state index contributed by atoms with van der Waals surface area (Å²) in [7, 11) is 0. The topological polar surface area (TPSA) is 58.6 Å². The summed E-state index contributed by atoms with van der Waals surface area (Å²) in [5.74, 6) is 0.213. The Balaban J connectivity index is 1.87. The molecule has 0 saturated carbocycles. The summed E-state index contributed by atoms with van der Waals surface area (Å²) < 4.78 is 6.69. The van der Waals surface area contributed by atoms with E-state index in [1.54, 1.807) is 4.90 Å². The largest absolute Gasteiger partial charge is 0.484 e. The Labute approximate surface area is 203 Å². The molecule has 1 atom stereocenters. The number of carbonyl (C=O) groups excluding carboxylic acids is 2. The first-order valence-corrected chi connectivity index (χ1v) is 11.9. The number of rotatable bonds is 11. The van der Waals surface area contributed by atoms with Gasteiger partial charge in [0.25, 0.3) is 5.91 Å². The fraction of sp³-hybridized carbons (Fsp3) is 0.259. The summed E-state index contributed by atoms with van der Waals surface area (Å²) in [4.78, 5) is 28.3. The monoisotopic (exact) mass is 508 g/mol. The second kappa shape index (κ2) is 12.8. The summed E-state index contributed by atoms with van der Waals surface area (Å²) in [5.41, 5.74) is 1.93. The minimum atomic E-state index is -0.658. The van der Waals surface area contributed by atoms with Gasteiger partial charge in [0.1, 0.15) is 11.8 Å². The van der Waals surface area contributed by atoms with Crippen molar-refractivity contribution in [3.63, 3.8) is 0 Å². The van der Waals surface area contributed by atoms with Gasteiger partial charge >= 0.3 is 0 Å². The van der Waals surface area contributed by atoms with E-state index in [0.717, 1.165) is 22.0 Å². The van der Waals surface area contributed by atoms with Crippen LogP contribution in [0.5, 0.6) is 5.75 Å². The molecule has 0 fully saturated rings. The zero-order valence-electron chi connectivity index (χ0n) is 18.7. The molecule has 2 amide bonds. The van der Waals surface area contributed by atoms with Gasteiger partial charge in [-0.3, -0.25) is 9.59 Å². The molecule has 0 bridgehead atoms. The SMILES string of the molecule is CCCNC(=O)[C@@H](Cc1ccccc1)N(Cc1ccc(Br)cc1)C(=O)COc1ccccc1. The molecule has 0 radical (unpaired) electrons. The number of hydrogen-bond donors (Lipinski definition) is 1. The van der Waals surface area contributed by atoms with Crippen molar-refractivity contribution in [3.8, 4) is 5.75 Å². The highest BCUT2D eigenvalue weighted by Crippen LogP contribution is 2.18. The molecule has 0 unspecified atom stereocenters. The lowest BCUT2D eigenvalue weighted by atomic mass is 10.0. The van der Waals surface area contributed by atoms with Crippen LogP contribution in [0.1, 0.15) is 24.5 Å². The highest BCUT2D eigenvalue weighted by Gasteiger charge is 2.30. The van der Waals surface area contributed by atoms with Crippen LogP contribution in [0.2, 0.25) is 0 Å². The predicted octanol–water partition coefficient (Wildman–Crippen LogP) is 4.99. The van der Waals surface area contributed by atoms with Crippen molar-refractivity contribution in [3.05, 3.63) is 101 Å². The summed E-state index contributed by atoms with van der Waals surface area (Å²) in [6.07, 6.45) is 1.24. The van der Waals surface area contributed by atoms with E-state index in [9.17, 15) is 9.59 Å². The average Bonchev–Trinajstić information content (AvgIpc) is 2.85. The highest BCUT2D eigenvalue weighted by molar-refractivity contribution is 9.10. The molecular formula is C27H29BrN2O3. The molecule has 0 aliphatic rings. The van der Waals surface area contributed by atoms with E-state index in [2.05, 4.69) is 21.2 Å². The van der Waals surface area contributed by atoms with Gasteiger partial charge in [0.05, 0.1) is 0 Å². The molecule has 0 heterocycles. The first-order valence-electron chi connectivity index (χ1n) is 11.1. The molecule has 1 N–H and O–H groups in total. The molecule has 3 aromatic rings. The third kappa shape index (κ3) is 7.75. The predicted molar refractivity (Wildman–Crippen MR) is 134 cm³/mol. The highest BCUT2D eigenvalue weighted by atomic mass is 79.9. The van der Waals surface area contributed by atoms with E-state index in [-0.39, 0.29) is 18.4 Å². The molecule has 0 spiro atoms. The van der Waals surface area contributed by atoms with Crippen molar-refractivity contribution >= 4 is 27.7 Å². The van der Waals surface area contributed by atoms with Crippen LogP contribution in [0.3, 0.4) is 0 Å². The molecule has 0 aliphatic heterocycles. The Morgan fingerprint density at radius 1 is 0.909 bits per heavy atom. The minimum Gasteiger partial charge on any atom is -0.484 e. The number of benzene rings is 3. The first-order chi connectivity index (χ1) is 16.1. The Morgan fingerprint density at radius 3 is 2.18 bits per heavy atom. The average molecular weight is 509 g/mol. The van der Waals surface area contributed by atoms with Gasteiger partial charge in [-0.25, -0.2) is 0 Å². The summed E-state index contributed by atoms with van der Waals surface area (Å²) in [6, 6.07) is 26.1. The third-order valence-electron chi connectivity index (χ3n) is 5.19. The van der Waals surface area contributed by atoms with Gasteiger partial charge in [0.2, 0.25) is 5.91 Å². The van der Waals surface area contributed by atoms with Crippen LogP contribution in [-0.2, 0) is 22.6 Å². The lowest BCUT2D eigenvalue weighted by Gasteiger charge is -2.31.